The largest absolute Gasteiger partial charge is 0.493 e. The molecule has 1 N–H and O–H groups in total. The average molecular weight is 488 g/mol. The molecule has 0 spiro atoms. The van der Waals surface area contributed by atoms with Gasteiger partial charge in [0.25, 0.3) is 11.8 Å². The van der Waals surface area contributed by atoms with Crippen LogP contribution in [-0.4, -0.2) is 76.2 Å². The van der Waals surface area contributed by atoms with Crippen LogP contribution in [0.15, 0.2) is 12.1 Å². The van der Waals surface area contributed by atoms with Crippen molar-refractivity contribution >= 4 is 28.2 Å². The number of nitrogens with one attached hydrogen (secondary N) is 1. The number of hydrogen-bond acceptors (Lipinski definition) is 7. The van der Waals surface area contributed by atoms with Gasteiger partial charge in [0.2, 0.25) is 5.75 Å². The second-order valence-electron chi connectivity index (χ2n) is 9.02. The number of fused-ring (bicyclic) bond motifs is 1. The van der Waals surface area contributed by atoms with Crippen molar-refractivity contribution in [2.24, 2.45) is 5.92 Å². The molecular formula is C25H33N3O5S. The zero-order chi connectivity index (χ0) is 24.4. The van der Waals surface area contributed by atoms with Crippen molar-refractivity contribution in [1.82, 2.24) is 9.80 Å². The van der Waals surface area contributed by atoms with E-state index < -0.39 is 0 Å². The van der Waals surface area contributed by atoms with E-state index in [1.807, 2.05) is 4.90 Å². The number of rotatable bonds is 6. The monoisotopic (exact) mass is 487 g/mol. The molecule has 1 aliphatic carbocycles. The molecule has 9 heteroatoms. The molecule has 184 valence electrons. The lowest BCUT2D eigenvalue weighted by molar-refractivity contribution is 0.0664. The summed E-state index contributed by atoms with van der Waals surface area (Å²) in [6.07, 6.45) is 2.85. The minimum Gasteiger partial charge on any atom is -0.493 e. The molecule has 1 atom stereocenters. The second kappa shape index (κ2) is 10.2. The van der Waals surface area contributed by atoms with Crippen LogP contribution in [0.2, 0.25) is 0 Å². The normalized spacial score (nSPS) is 18.3. The molecule has 1 aromatic carbocycles. The molecule has 2 aliphatic rings. The van der Waals surface area contributed by atoms with Crippen LogP contribution in [0.25, 0.3) is 0 Å². The van der Waals surface area contributed by atoms with E-state index in [0.29, 0.717) is 52.4 Å². The van der Waals surface area contributed by atoms with E-state index in [4.69, 9.17) is 14.2 Å². The zero-order valence-electron chi connectivity index (χ0n) is 20.5. The fourth-order valence-corrected chi connectivity index (χ4v) is 6.02. The number of hydrogen-bond donors (Lipinski definition) is 1. The van der Waals surface area contributed by atoms with Crippen molar-refractivity contribution < 1.29 is 23.8 Å². The lowest BCUT2D eigenvalue weighted by Gasteiger charge is -2.33. The Morgan fingerprint density at radius 3 is 2.26 bits per heavy atom. The molecule has 0 radical (unpaired) electrons. The van der Waals surface area contributed by atoms with Gasteiger partial charge >= 0.3 is 0 Å². The van der Waals surface area contributed by atoms with Gasteiger partial charge in [-0.05, 0) is 49.9 Å². The van der Waals surface area contributed by atoms with Crippen LogP contribution >= 0.6 is 11.3 Å². The van der Waals surface area contributed by atoms with Gasteiger partial charge in [-0.15, -0.1) is 11.3 Å². The van der Waals surface area contributed by atoms with Crippen LogP contribution in [0, 0.1) is 5.92 Å². The fourth-order valence-electron chi connectivity index (χ4n) is 4.62. The standard InChI is InChI=1S/C25H33N3O5S/c1-15-6-7-17-20(12-15)34-24(21(17)25(30)28-10-8-27(2)9-11-28)26-23(29)16-13-18(31-3)22(33-5)19(14-16)32-4/h13-15H,6-12H2,1-5H3,(H,26,29)/t15-/m0/s1. The molecule has 1 fully saturated rings. The summed E-state index contributed by atoms with van der Waals surface area (Å²) in [5.41, 5.74) is 2.14. The summed E-state index contributed by atoms with van der Waals surface area (Å²) < 4.78 is 16.2. The lowest BCUT2D eigenvalue weighted by Crippen LogP contribution is -2.47. The first kappa shape index (κ1) is 24.3. The maximum Gasteiger partial charge on any atom is 0.257 e. The van der Waals surface area contributed by atoms with Gasteiger partial charge in [0.15, 0.2) is 11.5 Å². The van der Waals surface area contributed by atoms with Gasteiger partial charge in [-0.25, -0.2) is 0 Å². The summed E-state index contributed by atoms with van der Waals surface area (Å²) in [5.74, 6) is 1.49. The van der Waals surface area contributed by atoms with Gasteiger partial charge in [-0.3, -0.25) is 9.59 Å². The molecule has 0 saturated carbocycles. The molecule has 2 heterocycles. The first-order valence-electron chi connectivity index (χ1n) is 11.6. The number of carbonyl (C=O) groups excluding carboxylic acids is 2. The Kier molecular flexibility index (Phi) is 7.33. The van der Waals surface area contributed by atoms with Crippen molar-refractivity contribution in [3.8, 4) is 17.2 Å². The van der Waals surface area contributed by atoms with Crippen LogP contribution in [-0.2, 0) is 12.8 Å². The molecule has 0 unspecified atom stereocenters. The predicted octanol–water partition coefficient (Wildman–Crippen LogP) is 3.54. The smallest absolute Gasteiger partial charge is 0.257 e. The van der Waals surface area contributed by atoms with E-state index in [-0.39, 0.29) is 11.8 Å². The third kappa shape index (κ3) is 4.72. The maximum atomic E-state index is 13.7. The highest BCUT2D eigenvalue weighted by atomic mass is 32.1. The van der Waals surface area contributed by atoms with E-state index in [2.05, 4.69) is 24.2 Å². The van der Waals surface area contributed by atoms with Crippen molar-refractivity contribution in [1.29, 1.82) is 0 Å². The Balaban J connectivity index is 1.68. The first-order chi connectivity index (χ1) is 16.4. The van der Waals surface area contributed by atoms with Crippen molar-refractivity contribution in [2.45, 2.75) is 26.2 Å². The minimum atomic E-state index is -0.321. The summed E-state index contributed by atoms with van der Waals surface area (Å²) in [6, 6.07) is 3.24. The molecule has 0 bridgehead atoms. The number of benzene rings is 1. The topological polar surface area (TPSA) is 80.3 Å². The number of ether oxygens (including phenoxy) is 3. The van der Waals surface area contributed by atoms with Crippen LogP contribution in [0.4, 0.5) is 5.00 Å². The number of methoxy groups -OCH3 is 3. The Hall–Kier alpha value is -2.78. The molecular weight excluding hydrogens is 454 g/mol. The predicted molar refractivity (Wildman–Crippen MR) is 133 cm³/mol. The number of piperazine rings is 1. The molecule has 34 heavy (non-hydrogen) atoms. The fraction of sp³-hybridized carbons (Fsp3) is 0.520. The highest BCUT2D eigenvalue weighted by Crippen LogP contribution is 2.42. The highest BCUT2D eigenvalue weighted by molar-refractivity contribution is 7.17. The summed E-state index contributed by atoms with van der Waals surface area (Å²) in [5, 5.41) is 3.66. The zero-order valence-corrected chi connectivity index (χ0v) is 21.3. The summed E-state index contributed by atoms with van der Waals surface area (Å²) in [7, 11) is 6.62. The average Bonchev–Trinajstić information content (AvgIpc) is 3.19. The van der Waals surface area contributed by atoms with E-state index >= 15 is 0 Å². The van der Waals surface area contributed by atoms with Gasteiger partial charge in [-0.1, -0.05) is 6.92 Å². The molecule has 2 aromatic rings. The third-order valence-electron chi connectivity index (χ3n) is 6.67. The first-order valence-corrected chi connectivity index (χ1v) is 12.4. The molecule has 1 aliphatic heterocycles. The summed E-state index contributed by atoms with van der Waals surface area (Å²) in [6.45, 7) is 5.32. The van der Waals surface area contributed by atoms with E-state index in [1.54, 1.807) is 12.1 Å². The number of carbonyl (C=O) groups is 2. The molecule has 1 aromatic heterocycles. The van der Waals surface area contributed by atoms with Crippen LogP contribution < -0.4 is 19.5 Å². The highest BCUT2D eigenvalue weighted by Gasteiger charge is 2.32. The van der Waals surface area contributed by atoms with Gasteiger partial charge < -0.3 is 29.3 Å². The van der Waals surface area contributed by atoms with Crippen LogP contribution in [0.3, 0.4) is 0 Å². The minimum absolute atomic E-state index is 0.0142. The van der Waals surface area contributed by atoms with E-state index in [9.17, 15) is 9.59 Å². The quantitative estimate of drug-likeness (QED) is 0.672. The summed E-state index contributed by atoms with van der Waals surface area (Å²) in [4.78, 5) is 32.3. The molecule has 1 saturated heterocycles. The SMILES string of the molecule is COc1cc(C(=O)Nc2sc3c(c2C(=O)N2CCN(C)CC2)CC[C@H](C)C3)cc(OC)c1OC. The lowest BCUT2D eigenvalue weighted by atomic mass is 9.88. The number of likely N-dealkylation sites (N-methyl/N-ethyl adjacent to an activating group) is 1. The Morgan fingerprint density at radius 1 is 1.03 bits per heavy atom. The van der Waals surface area contributed by atoms with Crippen LogP contribution in [0.5, 0.6) is 17.2 Å². The van der Waals surface area contributed by atoms with Gasteiger partial charge in [0, 0.05) is 36.6 Å². The maximum absolute atomic E-state index is 13.7. The van der Waals surface area contributed by atoms with Crippen LogP contribution in [0.1, 0.15) is 44.5 Å². The number of thiophene rings is 1. The number of anilines is 1. The van der Waals surface area contributed by atoms with Crippen molar-refractivity contribution in [3.63, 3.8) is 0 Å². The Morgan fingerprint density at radius 2 is 1.68 bits per heavy atom. The van der Waals surface area contributed by atoms with Gasteiger partial charge in [-0.2, -0.15) is 0 Å². The molecule has 8 nitrogen and oxygen atoms in total. The Bertz CT molecular complexity index is 1050. The van der Waals surface area contributed by atoms with Crippen molar-refractivity contribution in [3.05, 3.63) is 33.7 Å². The van der Waals surface area contributed by atoms with Gasteiger partial charge in [0.1, 0.15) is 5.00 Å². The second-order valence-corrected chi connectivity index (χ2v) is 10.1. The molecule has 4 rings (SSSR count). The van der Waals surface area contributed by atoms with E-state index in [1.165, 1.54) is 37.5 Å². The van der Waals surface area contributed by atoms with Crippen molar-refractivity contribution in [2.75, 3.05) is 59.9 Å². The van der Waals surface area contributed by atoms with Gasteiger partial charge in [0.05, 0.1) is 26.9 Å². The Labute approximate surface area is 204 Å². The molecule has 2 amide bonds. The summed E-state index contributed by atoms with van der Waals surface area (Å²) >= 11 is 1.53. The van der Waals surface area contributed by atoms with E-state index in [0.717, 1.165) is 37.9 Å². The third-order valence-corrected chi connectivity index (χ3v) is 7.84. The number of nitrogens with zero attached hydrogens (tertiary/aromatic N) is 2. The number of amides is 2.